The SMILES string of the molecule is CCOc1ccc(S(=O)(=O)N(CC(=O)N(Cc2cccc(OC)c2)[C@@H](Cc2ccccc2)C(=O)NC(C)C)c2ccccc2)cc1. The zero-order valence-electron chi connectivity index (χ0n) is 26.6. The molecular formula is C36H41N3O6S. The van der Waals surface area contributed by atoms with Crippen molar-refractivity contribution in [3.8, 4) is 11.5 Å². The first-order valence-corrected chi connectivity index (χ1v) is 16.6. The van der Waals surface area contributed by atoms with E-state index >= 15 is 0 Å². The molecule has 0 spiro atoms. The number of anilines is 1. The molecule has 0 aliphatic rings. The third-order valence-corrected chi connectivity index (χ3v) is 9.02. The van der Waals surface area contributed by atoms with Gasteiger partial charge in [0.05, 0.1) is 24.3 Å². The van der Waals surface area contributed by atoms with Gasteiger partial charge in [0.1, 0.15) is 24.1 Å². The first-order chi connectivity index (χ1) is 22.1. The molecule has 1 N–H and O–H groups in total. The Labute approximate surface area is 271 Å². The maximum absolute atomic E-state index is 14.5. The van der Waals surface area contributed by atoms with Crippen LogP contribution in [-0.2, 0) is 32.6 Å². The van der Waals surface area contributed by atoms with Gasteiger partial charge in [-0.25, -0.2) is 8.42 Å². The van der Waals surface area contributed by atoms with Crippen LogP contribution in [0.25, 0.3) is 0 Å². The minimum atomic E-state index is -4.21. The van der Waals surface area contributed by atoms with E-state index in [1.807, 2.05) is 63.2 Å². The Balaban J connectivity index is 1.78. The van der Waals surface area contributed by atoms with Gasteiger partial charge in [-0.2, -0.15) is 0 Å². The first kappa shape index (κ1) is 34.1. The lowest BCUT2D eigenvalue weighted by atomic mass is 10.0. The number of hydrogen-bond acceptors (Lipinski definition) is 6. The number of ether oxygens (including phenoxy) is 2. The lowest BCUT2D eigenvalue weighted by Crippen LogP contribution is -2.54. The van der Waals surface area contributed by atoms with Crippen LogP contribution in [-0.4, -0.2) is 57.5 Å². The van der Waals surface area contributed by atoms with Crippen LogP contribution < -0.4 is 19.1 Å². The highest BCUT2D eigenvalue weighted by Crippen LogP contribution is 2.26. The lowest BCUT2D eigenvalue weighted by Gasteiger charge is -2.34. The third kappa shape index (κ3) is 8.88. The number of carbonyl (C=O) groups is 2. The average Bonchev–Trinajstić information content (AvgIpc) is 3.06. The fraction of sp³-hybridized carbons (Fsp3) is 0.278. The van der Waals surface area contributed by atoms with Crippen molar-refractivity contribution in [3.63, 3.8) is 0 Å². The molecule has 0 aromatic heterocycles. The highest BCUT2D eigenvalue weighted by molar-refractivity contribution is 7.92. The Hall–Kier alpha value is -4.83. The van der Waals surface area contributed by atoms with E-state index in [1.54, 1.807) is 61.7 Å². The second-order valence-corrected chi connectivity index (χ2v) is 12.9. The van der Waals surface area contributed by atoms with Gasteiger partial charge in [-0.05, 0) is 80.4 Å². The molecule has 0 bridgehead atoms. The van der Waals surface area contributed by atoms with E-state index in [0.29, 0.717) is 23.8 Å². The molecule has 4 rings (SSSR count). The Morgan fingerprint density at radius 3 is 2.04 bits per heavy atom. The summed E-state index contributed by atoms with van der Waals surface area (Å²) in [4.78, 5) is 29.8. The second kappa shape index (κ2) is 15.9. The number of para-hydroxylation sites is 1. The van der Waals surface area contributed by atoms with Gasteiger partial charge in [-0.15, -0.1) is 0 Å². The van der Waals surface area contributed by atoms with Crippen LogP contribution in [0.15, 0.2) is 114 Å². The number of nitrogens with one attached hydrogen (secondary N) is 1. The van der Waals surface area contributed by atoms with Crippen LogP contribution in [0.4, 0.5) is 5.69 Å². The minimum absolute atomic E-state index is 0.00494. The van der Waals surface area contributed by atoms with Crippen molar-refractivity contribution in [2.24, 2.45) is 0 Å². The Bertz CT molecular complexity index is 1680. The van der Waals surface area contributed by atoms with Gasteiger partial charge < -0.3 is 19.7 Å². The predicted molar refractivity (Wildman–Crippen MR) is 179 cm³/mol. The Morgan fingerprint density at radius 2 is 1.43 bits per heavy atom. The van der Waals surface area contributed by atoms with Gasteiger partial charge in [-0.3, -0.25) is 13.9 Å². The smallest absolute Gasteiger partial charge is 0.264 e. The summed E-state index contributed by atoms with van der Waals surface area (Å²) in [5.41, 5.74) is 1.90. The van der Waals surface area contributed by atoms with Crippen molar-refractivity contribution in [1.82, 2.24) is 10.2 Å². The second-order valence-electron chi connectivity index (χ2n) is 11.0. The molecule has 0 saturated heterocycles. The molecule has 0 heterocycles. The molecule has 46 heavy (non-hydrogen) atoms. The molecule has 1 atom stereocenters. The largest absolute Gasteiger partial charge is 0.497 e. The van der Waals surface area contributed by atoms with Crippen LogP contribution >= 0.6 is 0 Å². The summed E-state index contributed by atoms with van der Waals surface area (Å²) in [5.74, 6) is 0.255. The van der Waals surface area contributed by atoms with E-state index in [4.69, 9.17) is 9.47 Å². The number of benzene rings is 4. The number of hydrogen-bond donors (Lipinski definition) is 1. The van der Waals surface area contributed by atoms with Crippen molar-refractivity contribution in [1.29, 1.82) is 0 Å². The van der Waals surface area contributed by atoms with Crippen molar-refractivity contribution >= 4 is 27.5 Å². The van der Waals surface area contributed by atoms with Crippen molar-refractivity contribution < 1.29 is 27.5 Å². The third-order valence-electron chi connectivity index (χ3n) is 7.23. The molecule has 0 fully saturated rings. The molecule has 242 valence electrons. The standard InChI is InChI=1S/C36H41N3O6S/c1-5-45-31-19-21-33(22-20-31)46(42,43)39(30-16-10-7-11-17-30)26-35(40)38(25-29-15-12-18-32(23-29)44-4)34(36(41)37-27(2)3)24-28-13-8-6-9-14-28/h6-23,27,34H,5,24-26H2,1-4H3,(H,37,41)/t34-/m0/s1. The number of rotatable bonds is 15. The van der Waals surface area contributed by atoms with Crippen LogP contribution in [0.2, 0.25) is 0 Å². The predicted octanol–water partition coefficient (Wildman–Crippen LogP) is 5.45. The summed E-state index contributed by atoms with van der Waals surface area (Å²) in [6.07, 6.45) is 0.228. The van der Waals surface area contributed by atoms with E-state index in [0.717, 1.165) is 15.4 Å². The van der Waals surface area contributed by atoms with Gasteiger partial charge >= 0.3 is 0 Å². The first-order valence-electron chi connectivity index (χ1n) is 15.2. The van der Waals surface area contributed by atoms with Crippen LogP contribution in [0.3, 0.4) is 0 Å². The number of nitrogens with zero attached hydrogens (tertiary/aromatic N) is 2. The van der Waals surface area contributed by atoms with Crippen molar-refractivity contribution in [2.75, 3.05) is 24.6 Å². The lowest BCUT2D eigenvalue weighted by molar-refractivity contribution is -0.140. The molecule has 0 radical (unpaired) electrons. The summed E-state index contributed by atoms with van der Waals surface area (Å²) >= 11 is 0. The zero-order valence-corrected chi connectivity index (χ0v) is 27.4. The van der Waals surface area contributed by atoms with E-state index in [2.05, 4.69) is 5.32 Å². The van der Waals surface area contributed by atoms with Gasteiger partial charge in [-0.1, -0.05) is 60.7 Å². The number of amides is 2. The van der Waals surface area contributed by atoms with Crippen LogP contribution in [0.5, 0.6) is 11.5 Å². The van der Waals surface area contributed by atoms with Gasteiger partial charge in [0.15, 0.2) is 0 Å². The quantitative estimate of drug-likeness (QED) is 0.185. The zero-order chi connectivity index (χ0) is 33.1. The van der Waals surface area contributed by atoms with E-state index in [1.165, 1.54) is 17.0 Å². The highest BCUT2D eigenvalue weighted by Gasteiger charge is 2.35. The van der Waals surface area contributed by atoms with Crippen molar-refractivity contribution in [2.45, 2.75) is 50.7 Å². The minimum Gasteiger partial charge on any atom is -0.497 e. The summed E-state index contributed by atoms with van der Waals surface area (Å²) in [6, 6.07) is 30.1. The molecule has 0 unspecified atom stereocenters. The molecule has 2 amide bonds. The van der Waals surface area contributed by atoms with E-state index in [9.17, 15) is 18.0 Å². The van der Waals surface area contributed by atoms with Crippen molar-refractivity contribution in [3.05, 3.63) is 120 Å². The normalized spacial score (nSPS) is 11.8. The molecule has 10 heteroatoms. The highest BCUT2D eigenvalue weighted by atomic mass is 32.2. The fourth-order valence-corrected chi connectivity index (χ4v) is 6.44. The van der Waals surface area contributed by atoms with Gasteiger partial charge in [0.25, 0.3) is 10.0 Å². The van der Waals surface area contributed by atoms with Gasteiger partial charge in [0, 0.05) is 19.0 Å². The molecule has 0 aliphatic heterocycles. The molecular weight excluding hydrogens is 602 g/mol. The molecule has 9 nitrogen and oxygen atoms in total. The van der Waals surface area contributed by atoms with E-state index < -0.39 is 28.5 Å². The van der Waals surface area contributed by atoms with Crippen LogP contribution in [0, 0.1) is 0 Å². The molecule has 0 saturated carbocycles. The maximum atomic E-state index is 14.5. The number of carbonyl (C=O) groups excluding carboxylic acids is 2. The summed E-state index contributed by atoms with van der Waals surface area (Å²) in [5, 5.41) is 2.96. The fourth-order valence-electron chi connectivity index (χ4n) is 5.03. The summed E-state index contributed by atoms with van der Waals surface area (Å²) < 4.78 is 40.3. The van der Waals surface area contributed by atoms with Gasteiger partial charge in [0.2, 0.25) is 11.8 Å². The molecule has 4 aromatic carbocycles. The summed E-state index contributed by atoms with van der Waals surface area (Å²) in [7, 11) is -2.66. The average molecular weight is 644 g/mol. The van der Waals surface area contributed by atoms with Crippen LogP contribution in [0.1, 0.15) is 31.9 Å². The summed E-state index contributed by atoms with van der Waals surface area (Å²) in [6.45, 7) is 5.50. The number of methoxy groups -OCH3 is 1. The number of sulfonamides is 1. The molecule has 0 aliphatic carbocycles. The molecule has 4 aromatic rings. The Morgan fingerprint density at radius 1 is 0.804 bits per heavy atom. The van der Waals surface area contributed by atoms with E-state index in [-0.39, 0.29) is 29.8 Å². The maximum Gasteiger partial charge on any atom is 0.264 e. The topological polar surface area (TPSA) is 105 Å². The Kier molecular flexibility index (Phi) is 11.8. The monoisotopic (exact) mass is 643 g/mol.